The Morgan fingerprint density at radius 1 is 0.708 bits per heavy atom. The number of hydrogen-bond acceptors (Lipinski definition) is 8. The van der Waals surface area contributed by atoms with Crippen LogP contribution in [0.3, 0.4) is 0 Å². The summed E-state index contributed by atoms with van der Waals surface area (Å²) in [5.74, 6) is -0.168. The average Bonchev–Trinajstić information content (AvgIpc) is 3.08. The highest BCUT2D eigenvalue weighted by Gasteiger charge is 2.44. The first-order chi connectivity index (χ1) is 23.3. The van der Waals surface area contributed by atoms with Gasteiger partial charge in [0, 0.05) is 6.42 Å². The molecular formula is C39H71NO8. The molecule has 0 aliphatic carbocycles. The molecule has 0 spiro atoms. The van der Waals surface area contributed by atoms with Crippen LogP contribution in [0.1, 0.15) is 149 Å². The number of ether oxygens (including phenoxy) is 2. The van der Waals surface area contributed by atoms with Crippen LogP contribution >= 0.6 is 0 Å². The molecule has 1 fully saturated rings. The number of carbonyl (C=O) groups excluding carboxylic acids is 1. The Hall–Kier alpha value is -1.59. The van der Waals surface area contributed by atoms with Gasteiger partial charge in [-0.05, 0) is 51.4 Å². The summed E-state index contributed by atoms with van der Waals surface area (Å²) in [6.07, 6.45) is 27.8. The van der Waals surface area contributed by atoms with Crippen molar-refractivity contribution in [1.82, 2.24) is 5.32 Å². The van der Waals surface area contributed by atoms with E-state index in [0.29, 0.717) is 12.8 Å². The molecule has 1 amide bonds. The Kier molecular flexibility index (Phi) is 28.0. The third-order valence-electron chi connectivity index (χ3n) is 9.00. The monoisotopic (exact) mass is 682 g/mol. The lowest BCUT2D eigenvalue weighted by molar-refractivity contribution is -0.302. The van der Waals surface area contributed by atoms with Crippen molar-refractivity contribution in [2.24, 2.45) is 0 Å². The number of carbonyl (C=O) groups is 1. The van der Waals surface area contributed by atoms with Crippen molar-refractivity contribution >= 4 is 5.91 Å². The summed E-state index contributed by atoms with van der Waals surface area (Å²) in [4.78, 5) is 12.8. The van der Waals surface area contributed by atoms with Crippen LogP contribution in [-0.2, 0) is 14.3 Å². The molecule has 1 rings (SSSR count). The highest BCUT2D eigenvalue weighted by atomic mass is 16.7. The van der Waals surface area contributed by atoms with Crippen LogP contribution in [0.2, 0.25) is 0 Å². The number of allylic oxidation sites excluding steroid dienone is 6. The first kappa shape index (κ1) is 44.4. The van der Waals surface area contributed by atoms with Gasteiger partial charge < -0.3 is 40.3 Å². The van der Waals surface area contributed by atoms with Gasteiger partial charge in [0.05, 0.1) is 25.4 Å². The van der Waals surface area contributed by atoms with Crippen LogP contribution in [0.15, 0.2) is 36.5 Å². The molecule has 7 unspecified atom stereocenters. The minimum absolute atomic E-state index is 0.148. The van der Waals surface area contributed by atoms with Crippen molar-refractivity contribution in [2.45, 2.75) is 192 Å². The summed E-state index contributed by atoms with van der Waals surface area (Å²) in [6.45, 7) is 3.66. The molecule has 0 saturated carbocycles. The van der Waals surface area contributed by atoms with E-state index in [0.717, 1.165) is 70.6 Å². The average molecular weight is 682 g/mol. The van der Waals surface area contributed by atoms with Crippen LogP contribution in [0.5, 0.6) is 0 Å². The number of hydrogen-bond donors (Lipinski definition) is 6. The van der Waals surface area contributed by atoms with Gasteiger partial charge in [0.25, 0.3) is 0 Å². The zero-order valence-corrected chi connectivity index (χ0v) is 30.2. The van der Waals surface area contributed by atoms with Gasteiger partial charge >= 0.3 is 0 Å². The molecule has 7 atom stereocenters. The van der Waals surface area contributed by atoms with Crippen molar-refractivity contribution in [1.29, 1.82) is 0 Å². The summed E-state index contributed by atoms with van der Waals surface area (Å²) in [5.41, 5.74) is 0. The summed E-state index contributed by atoms with van der Waals surface area (Å²) >= 11 is 0. The van der Waals surface area contributed by atoms with Gasteiger partial charge in [0.15, 0.2) is 6.29 Å². The third-order valence-corrected chi connectivity index (χ3v) is 9.00. The Morgan fingerprint density at radius 3 is 1.81 bits per heavy atom. The molecule has 1 saturated heterocycles. The second-order valence-electron chi connectivity index (χ2n) is 13.4. The molecule has 1 aliphatic heterocycles. The molecule has 280 valence electrons. The van der Waals surface area contributed by atoms with E-state index >= 15 is 0 Å². The smallest absolute Gasteiger partial charge is 0.220 e. The second-order valence-corrected chi connectivity index (χ2v) is 13.4. The zero-order valence-electron chi connectivity index (χ0n) is 30.2. The van der Waals surface area contributed by atoms with Crippen molar-refractivity contribution in [3.63, 3.8) is 0 Å². The number of nitrogens with one attached hydrogen (secondary N) is 1. The summed E-state index contributed by atoms with van der Waals surface area (Å²) in [6, 6.07) is -0.721. The predicted octanol–water partition coefficient (Wildman–Crippen LogP) is 6.55. The lowest BCUT2D eigenvalue weighted by atomic mass is 9.99. The first-order valence-electron chi connectivity index (χ1n) is 19.2. The predicted molar refractivity (Wildman–Crippen MR) is 193 cm³/mol. The van der Waals surface area contributed by atoms with Gasteiger partial charge in [-0.2, -0.15) is 0 Å². The van der Waals surface area contributed by atoms with Gasteiger partial charge in [-0.15, -0.1) is 0 Å². The molecular weight excluding hydrogens is 610 g/mol. The molecule has 0 radical (unpaired) electrons. The van der Waals surface area contributed by atoms with Crippen molar-refractivity contribution in [2.75, 3.05) is 13.2 Å². The topological polar surface area (TPSA) is 149 Å². The highest BCUT2D eigenvalue weighted by Crippen LogP contribution is 2.22. The molecule has 0 aromatic carbocycles. The number of rotatable bonds is 30. The maximum Gasteiger partial charge on any atom is 0.220 e. The lowest BCUT2D eigenvalue weighted by Crippen LogP contribution is -2.60. The minimum atomic E-state index is -1.55. The molecule has 1 aliphatic rings. The number of unbranched alkanes of at least 4 members (excludes halogenated alkanes) is 14. The molecule has 0 aromatic heterocycles. The standard InChI is InChI=1S/C39H71NO8/c1-3-5-7-9-10-11-12-13-14-15-16-17-18-19-20-21-22-23-24-25-27-29-35(43)40-32(33(42)28-26-8-6-4-2)31-47-39-38(46)37(45)36(44)34(30-41)48-39/h12-13,15-16,18-19,32-34,36-39,41-42,44-46H,3-11,14,17,20-31H2,1-2H3,(H,40,43)/b13-12-,16-15-,19-18-. The first-order valence-corrected chi connectivity index (χ1v) is 19.2. The lowest BCUT2D eigenvalue weighted by Gasteiger charge is -2.40. The number of aliphatic hydroxyl groups excluding tert-OH is 5. The van der Waals surface area contributed by atoms with Crippen molar-refractivity contribution < 1.29 is 39.8 Å². The Labute approximate surface area is 291 Å². The van der Waals surface area contributed by atoms with Crippen molar-refractivity contribution in [3.8, 4) is 0 Å². The number of amides is 1. The third kappa shape index (κ3) is 21.5. The Bertz CT molecular complexity index is 848. The molecule has 9 heteroatoms. The molecule has 1 heterocycles. The summed E-state index contributed by atoms with van der Waals surface area (Å²) in [7, 11) is 0. The highest BCUT2D eigenvalue weighted by molar-refractivity contribution is 5.76. The zero-order chi connectivity index (χ0) is 35.2. The van der Waals surface area contributed by atoms with E-state index in [1.807, 2.05) is 0 Å². The van der Waals surface area contributed by atoms with E-state index in [1.165, 1.54) is 51.4 Å². The van der Waals surface area contributed by atoms with Crippen LogP contribution in [0, 0.1) is 0 Å². The van der Waals surface area contributed by atoms with Crippen LogP contribution in [0.4, 0.5) is 0 Å². The van der Waals surface area contributed by atoms with E-state index in [2.05, 4.69) is 55.6 Å². The minimum Gasteiger partial charge on any atom is -0.394 e. The van der Waals surface area contributed by atoms with Crippen LogP contribution in [-0.4, -0.2) is 87.5 Å². The summed E-state index contributed by atoms with van der Waals surface area (Å²) < 4.78 is 11.1. The fraction of sp³-hybridized carbons (Fsp3) is 0.821. The van der Waals surface area contributed by atoms with E-state index in [9.17, 15) is 30.3 Å². The van der Waals surface area contributed by atoms with E-state index in [1.54, 1.807) is 0 Å². The van der Waals surface area contributed by atoms with E-state index < -0.39 is 49.5 Å². The normalized spacial score (nSPS) is 23.0. The van der Waals surface area contributed by atoms with E-state index in [4.69, 9.17) is 9.47 Å². The second kappa shape index (κ2) is 30.3. The van der Waals surface area contributed by atoms with Gasteiger partial charge in [0.1, 0.15) is 24.4 Å². The van der Waals surface area contributed by atoms with Gasteiger partial charge in [-0.1, -0.05) is 127 Å². The van der Waals surface area contributed by atoms with Gasteiger partial charge in [-0.25, -0.2) is 0 Å². The molecule has 9 nitrogen and oxygen atoms in total. The Morgan fingerprint density at radius 2 is 1.23 bits per heavy atom. The quantitative estimate of drug-likeness (QED) is 0.0370. The molecule has 0 aromatic rings. The maximum absolute atomic E-state index is 12.8. The fourth-order valence-corrected chi connectivity index (χ4v) is 5.81. The number of aliphatic hydroxyl groups is 5. The summed E-state index contributed by atoms with van der Waals surface area (Å²) in [5, 5.41) is 53.5. The van der Waals surface area contributed by atoms with Gasteiger partial charge in [0.2, 0.25) is 5.91 Å². The fourth-order valence-electron chi connectivity index (χ4n) is 5.81. The van der Waals surface area contributed by atoms with Crippen LogP contribution < -0.4 is 5.32 Å². The molecule has 6 N–H and O–H groups in total. The van der Waals surface area contributed by atoms with E-state index in [-0.39, 0.29) is 12.5 Å². The SMILES string of the molecule is CCCCCCC/C=C\C/C=C\C/C=C\CCCCCCCCC(=O)NC(COC1OC(CO)C(O)C(O)C1O)C(O)CCCCCC. The van der Waals surface area contributed by atoms with Crippen molar-refractivity contribution in [3.05, 3.63) is 36.5 Å². The van der Waals surface area contributed by atoms with Gasteiger partial charge in [-0.3, -0.25) is 4.79 Å². The molecule has 0 bridgehead atoms. The largest absolute Gasteiger partial charge is 0.394 e. The maximum atomic E-state index is 12.8. The molecule has 48 heavy (non-hydrogen) atoms. The Balaban J connectivity index is 2.24. The van der Waals surface area contributed by atoms with Crippen LogP contribution in [0.25, 0.3) is 0 Å².